The van der Waals surface area contributed by atoms with Gasteiger partial charge in [0, 0.05) is 12.2 Å². The number of rotatable bonds is 4. The first kappa shape index (κ1) is 17.1. The molecule has 25 heavy (non-hydrogen) atoms. The van der Waals surface area contributed by atoms with Crippen LogP contribution in [0.4, 0.5) is 5.69 Å². The van der Waals surface area contributed by atoms with Gasteiger partial charge < -0.3 is 9.64 Å². The maximum atomic E-state index is 12.3. The lowest BCUT2D eigenvalue weighted by atomic mass is 10.2. The molecule has 1 heterocycles. The van der Waals surface area contributed by atoms with Gasteiger partial charge in [-0.2, -0.15) is 0 Å². The second kappa shape index (κ2) is 6.66. The van der Waals surface area contributed by atoms with Gasteiger partial charge in [-0.15, -0.1) is 0 Å². The number of sulfonamides is 1. The molecule has 1 amide bonds. The monoisotopic (exact) mass is 360 g/mol. The van der Waals surface area contributed by atoms with Crippen molar-refractivity contribution in [2.24, 2.45) is 5.14 Å². The number of anilines is 1. The maximum absolute atomic E-state index is 12.3. The highest BCUT2D eigenvalue weighted by atomic mass is 32.2. The molecule has 2 N–H and O–H groups in total. The van der Waals surface area contributed by atoms with Crippen LogP contribution in [0.1, 0.15) is 15.9 Å². The van der Waals surface area contributed by atoms with Crippen LogP contribution in [0.25, 0.3) is 0 Å². The number of hydrogen-bond donors (Lipinski definition) is 1. The largest absolute Gasteiger partial charge is 0.452 e. The Bertz CT molecular complexity index is 925. The number of benzene rings is 2. The third kappa shape index (κ3) is 3.70. The van der Waals surface area contributed by atoms with Crippen LogP contribution in [-0.2, 0) is 26.0 Å². The molecule has 1 aliphatic rings. The molecule has 2 aromatic carbocycles. The quantitative estimate of drug-likeness (QED) is 0.821. The Morgan fingerprint density at radius 3 is 2.52 bits per heavy atom. The lowest BCUT2D eigenvalue weighted by molar-refractivity contribution is -0.121. The molecule has 0 unspecified atom stereocenters. The second-order valence-electron chi connectivity index (χ2n) is 5.57. The van der Waals surface area contributed by atoms with E-state index in [0.717, 1.165) is 0 Å². The summed E-state index contributed by atoms with van der Waals surface area (Å²) >= 11 is 0. The van der Waals surface area contributed by atoms with Gasteiger partial charge in [0.2, 0.25) is 10.0 Å². The van der Waals surface area contributed by atoms with Crippen LogP contribution in [0.5, 0.6) is 0 Å². The molecule has 0 bridgehead atoms. The van der Waals surface area contributed by atoms with E-state index in [0.29, 0.717) is 29.8 Å². The summed E-state index contributed by atoms with van der Waals surface area (Å²) in [5, 5.41) is 5.12. The van der Waals surface area contributed by atoms with E-state index in [4.69, 9.17) is 9.88 Å². The predicted molar refractivity (Wildman–Crippen MR) is 90.6 cm³/mol. The summed E-state index contributed by atoms with van der Waals surface area (Å²) in [6.45, 7) is 0.00916. The fourth-order valence-corrected chi connectivity index (χ4v) is 3.24. The lowest BCUT2D eigenvalue weighted by Gasteiger charge is -2.17. The molecule has 1 aliphatic heterocycles. The van der Waals surface area contributed by atoms with E-state index in [1.54, 1.807) is 36.4 Å². The fraction of sp³-hybridized carbons (Fsp3) is 0.176. The van der Waals surface area contributed by atoms with Gasteiger partial charge in [0.15, 0.2) is 6.61 Å². The van der Waals surface area contributed by atoms with Gasteiger partial charge in [0.25, 0.3) is 5.91 Å². The van der Waals surface area contributed by atoms with E-state index < -0.39 is 16.0 Å². The Labute approximate surface area is 145 Å². The highest BCUT2D eigenvalue weighted by molar-refractivity contribution is 7.89. The van der Waals surface area contributed by atoms with E-state index >= 15 is 0 Å². The highest BCUT2D eigenvalue weighted by Gasteiger charge is 2.26. The first-order valence-corrected chi connectivity index (χ1v) is 9.09. The average Bonchev–Trinajstić information content (AvgIpc) is 3.02. The summed E-state index contributed by atoms with van der Waals surface area (Å²) in [6, 6.07) is 12.8. The molecule has 130 valence electrons. The third-order valence-corrected chi connectivity index (χ3v) is 4.82. The number of nitrogens with zero attached hydrogens (tertiary/aromatic N) is 1. The number of primary sulfonamides is 1. The summed E-state index contributed by atoms with van der Waals surface area (Å²) in [6.07, 6.45) is 0.511. The van der Waals surface area contributed by atoms with Crippen molar-refractivity contribution in [1.29, 1.82) is 0 Å². The zero-order chi connectivity index (χ0) is 18.0. The molecule has 8 heteroatoms. The zero-order valence-corrected chi connectivity index (χ0v) is 14.0. The van der Waals surface area contributed by atoms with Crippen molar-refractivity contribution < 1.29 is 22.7 Å². The molecular formula is C17H16N2O5S. The molecule has 0 saturated carbocycles. The smallest absolute Gasteiger partial charge is 0.338 e. The minimum Gasteiger partial charge on any atom is -0.452 e. The first-order valence-electron chi connectivity index (χ1n) is 7.54. The standard InChI is InChI=1S/C17H16N2O5S/c18-25(22,23)14-6-7-15-13(10-14)8-9-19(15)16(20)11-24-17(21)12-4-2-1-3-5-12/h1-7,10H,8-9,11H2,(H2,18,22,23). The number of esters is 1. The molecule has 0 saturated heterocycles. The van der Waals surface area contributed by atoms with Crippen LogP contribution in [0.3, 0.4) is 0 Å². The van der Waals surface area contributed by atoms with Crippen LogP contribution >= 0.6 is 0 Å². The minimum absolute atomic E-state index is 0.0102. The van der Waals surface area contributed by atoms with Crippen LogP contribution in [-0.4, -0.2) is 33.4 Å². The van der Waals surface area contributed by atoms with Crippen molar-refractivity contribution >= 4 is 27.6 Å². The summed E-state index contributed by atoms with van der Waals surface area (Å²) < 4.78 is 27.8. The molecular weight excluding hydrogens is 344 g/mol. The number of nitrogens with two attached hydrogens (primary N) is 1. The highest BCUT2D eigenvalue weighted by Crippen LogP contribution is 2.30. The van der Waals surface area contributed by atoms with Gasteiger partial charge in [-0.05, 0) is 42.3 Å². The molecule has 0 atom stereocenters. The lowest BCUT2D eigenvalue weighted by Crippen LogP contribution is -2.33. The normalized spacial score (nSPS) is 13.4. The van der Waals surface area contributed by atoms with Crippen molar-refractivity contribution in [2.45, 2.75) is 11.3 Å². The number of fused-ring (bicyclic) bond motifs is 1. The van der Waals surface area contributed by atoms with Crippen molar-refractivity contribution in [3.8, 4) is 0 Å². The van der Waals surface area contributed by atoms with E-state index in [9.17, 15) is 18.0 Å². The van der Waals surface area contributed by atoms with Gasteiger partial charge in [-0.25, -0.2) is 18.4 Å². The van der Waals surface area contributed by atoms with Crippen molar-refractivity contribution in [3.63, 3.8) is 0 Å². The van der Waals surface area contributed by atoms with Crippen molar-refractivity contribution in [2.75, 3.05) is 18.1 Å². The predicted octanol–water partition coefficient (Wildman–Crippen LogP) is 1.08. The average molecular weight is 360 g/mol. The van der Waals surface area contributed by atoms with Gasteiger partial charge >= 0.3 is 5.97 Å². The molecule has 0 fully saturated rings. The number of hydrogen-bond acceptors (Lipinski definition) is 5. The van der Waals surface area contributed by atoms with Crippen LogP contribution < -0.4 is 10.0 Å². The molecule has 0 aliphatic carbocycles. The number of amides is 1. The summed E-state index contributed by atoms with van der Waals surface area (Å²) in [7, 11) is -3.79. The van der Waals surface area contributed by atoms with Gasteiger partial charge in [-0.3, -0.25) is 4.79 Å². The molecule has 0 spiro atoms. The van der Waals surface area contributed by atoms with E-state index in [2.05, 4.69) is 0 Å². The molecule has 3 rings (SSSR count). The number of carbonyl (C=O) groups excluding carboxylic acids is 2. The molecule has 0 aromatic heterocycles. The molecule has 0 radical (unpaired) electrons. The van der Waals surface area contributed by atoms with E-state index in [-0.39, 0.29) is 17.4 Å². The van der Waals surface area contributed by atoms with Gasteiger partial charge in [0.05, 0.1) is 10.5 Å². The summed E-state index contributed by atoms with van der Waals surface area (Å²) in [5.74, 6) is -0.940. The molecule has 7 nitrogen and oxygen atoms in total. The van der Waals surface area contributed by atoms with Gasteiger partial charge in [-0.1, -0.05) is 18.2 Å². The first-order chi connectivity index (χ1) is 11.9. The third-order valence-electron chi connectivity index (χ3n) is 3.91. The van der Waals surface area contributed by atoms with E-state index in [1.807, 2.05) is 0 Å². The topological polar surface area (TPSA) is 107 Å². The summed E-state index contributed by atoms with van der Waals surface area (Å²) in [5.41, 5.74) is 1.69. The zero-order valence-electron chi connectivity index (χ0n) is 13.2. The van der Waals surface area contributed by atoms with Crippen molar-refractivity contribution in [1.82, 2.24) is 0 Å². The van der Waals surface area contributed by atoms with Gasteiger partial charge in [0.1, 0.15) is 0 Å². The molecule has 2 aromatic rings. The summed E-state index contributed by atoms with van der Waals surface area (Å²) in [4.78, 5) is 25.7. The Kier molecular flexibility index (Phi) is 4.56. The minimum atomic E-state index is -3.79. The number of ether oxygens (including phenoxy) is 1. The fourth-order valence-electron chi connectivity index (χ4n) is 2.68. The number of carbonyl (C=O) groups is 2. The Hall–Kier alpha value is -2.71. The van der Waals surface area contributed by atoms with Crippen molar-refractivity contribution in [3.05, 3.63) is 59.7 Å². The van der Waals surface area contributed by atoms with E-state index in [1.165, 1.54) is 17.0 Å². The van der Waals surface area contributed by atoms with Crippen LogP contribution in [0.15, 0.2) is 53.4 Å². The Morgan fingerprint density at radius 2 is 1.84 bits per heavy atom. The Morgan fingerprint density at radius 1 is 1.12 bits per heavy atom. The van der Waals surface area contributed by atoms with Crippen LogP contribution in [0, 0.1) is 0 Å². The maximum Gasteiger partial charge on any atom is 0.338 e. The second-order valence-corrected chi connectivity index (χ2v) is 7.13. The van der Waals surface area contributed by atoms with Crippen LogP contribution in [0.2, 0.25) is 0 Å². The SMILES string of the molecule is NS(=O)(=O)c1ccc2c(c1)CCN2C(=O)COC(=O)c1ccccc1. The Balaban J connectivity index is 1.68.